The number of allylic oxidation sites excluding steroid dienone is 2. The van der Waals surface area contributed by atoms with Crippen molar-refractivity contribution in [3.63, 3.8) is 0 Å². The van der Waals surface area contributed by atoms with Gasteiger partial charge in [0.1, 0.15) is 6.29 Å². The normalized spacial score (nSPS) is 13.5. The zero-order chi connectivity index (χ0) is 38.1. The van der Waals surface area contributed by atoms with Gasteiger partial charge in [-0.15, -0.1) is 0 Å². The van der Waals surface area contributed by atoms with E-state index >= 15 is 0 Å². The highest BCUT2D eigenvalue weighted by Gasteiger charge is 2.31. The van der Waals surface area contributed by atoms with Crippen molar-refractivity contribution < 1.29 is 28.5 Å². The monoisotopic (exact) mass is 696 g/mol. The first-order valence-electron chi connectivity index (χ1n) is 17.7. The number of urea groups is 2. The molecule has 1 unspecified atom stereocenters. The first kappa shape index (κ1) is 56.8. The molecule has 2 atom stereocenters. The summed E-state index contributed by atoms with van der Waals surface area (Å²) in [7, 11) is 2.51. The Labute approximate surface area is 293 Å². The molecule has 4 N–H and O–H groups in total. The van der Waals surface area contributed by atoms with Gasteiger partial charge in [0.05, 0.1) is 17.5 Å². The van der Waals surface area contributed by atoms with Gasteiger partial charge in [0.15, 0.2) is 0 Å². The van der Waals surface area contributed by atoms with Crippen LogP contribution in [0.15, 0.2) is 12.2 Å². The second kappa shape index (κ2) is 45.7. The number of hydrogen-bond acceptors (Lipinski definition) is 5. The summed E-state index contributed by atoms with van der Waals surface area (Å²) in [4.78, 5) is 42.7. The van der Waals surface area contributed by atoms with Crippen LogP contribution >= 0.6 is 0 Å². The minimum atomic E-state index is -0.931. The first-order valence-corrected chi connectivity index (χ1v) is 18.9. The summed E-state index contributed by atoms with van der Waals surface area (Å²) in [5, 5.41) is 14.8. The third-order valence-electron chi connectivity index (χ3n) is 5.88. The van der Waals surface area contributed by atoms with E-state index in [9.17, 15) is 18.6 Å². The number of amides is 4. The van der Waals surface area contributed by atoms with Crippen LogP contribution in [-0.2, 0) is 20.6 Å². The molecule has 47 heavy (non-hydrogen) atoms. The van der Waals surface area contributed by atoms with Crippen LogP contribution in [0.5, 0.6) is 0 Å². The third kappa shape index (κ3) is 43.5. The number of carbonyl (C=O) groups is 4. The molecule has 0 spiro atoms. The van der Waals surface area contributed by atoms with Gasteiger partial charge in [-0.2, -0.15) is 0 Å². The molecule has 0 aliphatic carbocycles. The molecule has 1 heterocycles. The van der Waals surface area contributed by atoms with Crippen molar-refractivity contribution in [2.45, 2.75) is 140 Å². The molecular weight excluding hydrogens is 618 g/mol. The maximum absolute atomic E-state index is 11.8. The van der Waals surface area contributed by atoms with Gasteiger partial charge in [0.2, 0.25) is 0 Å². The van der Waals surface area contributed by atoms with Crippen LogP contribution in [0.2, 0.25) is 0 Å². The quantitative estimate of drug-likeness (QED) is 0.0884. The van der Waals surface area contributed by atoms with Crippen LogP contribution in [0.3, 0.4) is 0 Å². The van der Waals surface area contributed by atoms with Gasteiger partial charge in [-0.05, 0) is 37.5 Å². The number of rotatable bonds is 13. The molecule has 0 aromatic carbocycles. The van der Waals surface area contributed by atoms with Crippen molar-refractivity contribution in [3.05, 3.63) is 12.2 Å². The predicted octanol–water partition coefficient (Wildman–Crippen LogP) is 7.64. The number of carbonyl (C=O) groups excluding carboxylic acids is 3. The number of nitrogens with zero attached hydrogens (tertiary/aromatic N) is 2. The Kier molecular flexibility index (Phi) is 55.2. The average Bonchev–Trinajstić information content (AvgIpc) is 3.49. The number of unbranched alkanes of at least 4 members (excludes halogenated alkanes) is 4. The first-order chi connectivity index (χ1) is 22.4. The lowest BCUT2D eigenvalue weighted by atomic mass is 9.86. The number of nitrogens with one attached hydrogen (secondary N) is 3. The lowest BCUT2D eigenvalue weighted by Gasteiger charge is -2.33. The number of aldehydes is 1. The van der Waals surface area contributed by atoms with Crippen LogP contribution < -0.4 is 16.0 Å². The van der Waals surface area contributed by atoms with Crippen LogP contribution in [0.25, 0.3) is 0 Å². The Morgan fingerprint density at radius 1 is 0.957 bits per heavy atom. The molecule has 1 fully saturated rings. The molecule has 1 aliphatic rings. The molecule has 0 radical (unpaired) electrons. The fraction of sp³-hybridized carbons (Fsp3) is 0.829. The zero-order valence-electron chi connectivity index (χ0n) is 32.9. The Bertz CT molecular complexity index is 734. The zero-order valence-corrected chi connectivity index (χ0v) is 33.7. The summed E-state index contributed by atoms with van der Waals surface area (Å²) in [5.41, 5.74) is -0.148. The van der Waals surface area contributed by atoms with Gasteiger partial charge in [-0.1, -0.05) is 114 Å². The van der Waals surface area contributed by atoms with Gasteiger partial charge >= 0.3 is 12.1 Å². The molecular formula is C35H77N5O6S. The minimum Gasteiger partial charge on any atom is -0.483 e. The smallest absolute Gasteiger partial charge is 0.316 e. The second-order valence-electron chi connectivity index (χ2n) is 10.5. The van der Waals surface area contributed by atoms with Crippen molar-refractivity contribution in [2.75, 3.05) is 46.0 Å². The van der Waals surface area contributed by atoms with Crippen molar-refractivity contribution in [1.29, 1.82) is 0 Å². The van der Waals surface area contributed by atoms with E-state index in [1.54, 1.807) is 19.0 Å². The highest BCUT2D eigenvalue weighted by molar-refractivity contribution is 7.82. The van der Waals surface area contributed by atoms with E-state index in [2.05, 4.69) is 48.9 Å². The highest BCUT2D eigenvalue weighted by atomic mass is 32.2. The van der Waals surface area contributed by atoms with E-state index in [0.29, 0.717) is 18.6 Å². The van der Waals surface area contributed by atoms with Gasteiger partial charge in [0.25, 0.3) is 6.47 Å². The Hall–Kier alpha value is -2.47. The molecule has 0 saturated carbocycles. The third-order valence-corrected chi connectivity index (χ3v) is 7.43. The SMILES string of the molecule is CC.CC.CC.CC(C)(C)[C@@H](CN1CCCS1=O)NC(=O)NCC=O.CC/C=C\CCCCC.CCCCN(C)C(=O)NC.O=CO. The highest BCUT2D eigenvalue weighted by Crippen LogP contribution is 2.22. The van der Waals surface area contributed by atoms with Crippen LogP contribution in [0, 0.1) is 5.41 Å². The molecule has 0 aromatic rings. The van der Waals surface area contributed by atoms with E-state index in [-0.39, 0.29) is 36.5 Å². The fourth-order valence-corrected chi connectivity index (χ4v) is 4.62. The van der Waals surface area contributed by atoms with E-state index in [1.807, 2.05) is 66.6 Å². The topological polar surface area (TPSA) is 148 Å². The molecule has 284 valence electrons. The van der Waals surface area contributed by atoms with Gasteiger partial charge in [-0.25, -0.2) is 18.1 Å². The molecule has 11 nitrogen and oxygen atoms in total. The molecule has 0 aromatic heterocycles. The minimum absolute atomic E-state index is 0.00165. The Morgan fingerprint density at radius 3 is 1.87 bits per heavy atom. The van der Waals surface area contributed by atoms with Gasteiger partial charge < -0.3 is 30.8 Å². The summed E-state index contributed by atoms with van der Waals surface area (Å²) in [6.45, 7) is 26.6. The van der Waals surface area contributed by atoms with Crippen molar-refractivity contribution in [1.82, 2.24) is 25.2 Å². The van der Waals surface area contributed by atoms with Crippen molar-refractivity contribution in [2.24, 2.45) is 5.41 Å². The van der Waals surface area contributed by atoms with Crippen LogP contribution in [0.1, 0.15) is 134 Å². The second-order valence-corrected chi connectivity index (χ2v) is 12.1. The van der Waals surface area contributed by atoms with Gasteiger partial charge in [-0.3, -0.25) is 4.79 Å². The molecule has 1 aliphatic heterocycles. The summed E-state index contributed by atoms with van der Waals surface area (Å²) in [6.07, 6.45) is 14.9. The van der Waals surface area contributed by atoms with Crippen molar-refractivity contribution >= 4 is 35.8 Å². The fourth-order valence-electron chi connectivity index (χ4n) is 3.34. The maximum atomic E-state index is 11.8. The maximum Gasteiger partial charge on any atom is 0.316 e. The number of carboxylic acid groups (broad SMARTS) is 1. The lowest BCUT2D eigenvalue weighted by Crippen LogP contribution is -2.53. The van der Waals surface area contributed by atoms with Crippen LogP contribution in [0.4, 0.5) is 9.59 Å². The standard InChI is InChI=1S/C12H23N3O3S.C9H18.C7H16N2O.3C2H6.CH2O2/c1-12(2,3)10(14-11(17)13-5-7-16)9-15-6-4-8-19(15)18;1-3-5-7-9-8-6-4-2;1-4-5-6-9(3)7(10)8-2;3*1-2;2-1-3/h7,10H,4-6,8-9H2,1-3H3,(H2,13,14,17);5,7H,3-4,6,8-9H2,1-2H3;4-6H2,1-3H3,(H,8,10);3*1-2H3;1H,(H,2,3)/b;7-5-;;;;;/t10-,19?;;;;;;/m1....../s1. The van der Waals surface area contributed by atoms with Crippen LogP contribution in [-0.4, -0.2) is 95.4 Å². The van der Waals surface area contributed by atoms with E-state index in [4.69, 9.17) is 9.90 Å². The Morgan fingerprint density at radius 2 is 1.49 bits per heavy atom. The molecule has 4 amide bonds. The average molecular weight is 696 g/mol. The molecule has 1 saturated heterocycles. The summed E-state index contributed by atoms with van der Waals surface area (Å²) < 4.78 is 13.7. The summed E-state index contributed by atoms with van der Waals surface area (Å²) >= 11 is 0. The van der Waals surface area contributed by atoms with E-state index in [1.165, 1.54) is 32.1 Å². The largest absolute Gasteiger partial charge is 0.483 e. The molecule has 0 bridgehead atoms. The van der Waals surface area contributed by atoms with E-state index < -0.39 is 11.0 Å². The van der Waals surface area contributed by atoms with Gasteiger partial charge in [0, 0.05) is 45.5 Å². The summed E-state index contributed by atoms with van der Waals surface area (Å²) in [6, 6.07) is -0.494. The summed E-state index contributed by atoms with van der Waals surface area (Å²) in [5.74, 6) is 0.703. The molecule has 12 heteroatoms. The lowest BCUT2D eigenvalue weighted by molar-refractivity contribution is -0.122. The predicted molar refractivity (Wildman–Crippen MR) is 203 cm³/mol. The molecule has 1 rings (SSSR count). The Balaban J connectivity index is -0.000000128. The van der Waals surface area contributed by atoms with E-state index in [0.717, 1.165) is 32.4 Å². The van der Waals surface area contributed by atoms with Crippen molar-refractivity contribution in [3.8, 4) is 0 Å². The number of hydrogen-bond donors (Lipinski definition) is 4.